The molecule has 0 spiro atoms. The van der Waals surface area contributed by atoms with E-state index in [1.807, 2.05) is 32.4 Å². The van der Waals surface area contributed by atoms with Gasteiger partial charge in [0.25, 0.3) is 17.7 Å². The molecule has 1 saturated carbocycles. The van der Waals surface area contributed by atoms with E-state index in [1.165, 1.54) is 0 Å². The maximum atomic E-state index is 13.6. The van der Waals surface area contributed by atoms with Crippen molar-refractivity contribution in [1.29, 1.82) is 0 Å². The molecule has 1 aliphatic carbocycles. The van der Waals surface area contributed by atoms with Crippen molar-refractivity contribution in [3.63, 3.8) is 0 Å². The lowest BCUT2D eigenvalue weighted by molar-refractivity contribution is -0.136. The summed E-state index contributed by atoms with van der Waals surface area (Å²) in [5.74, 6) is -0.116. The van der Waals surface area contributed by atoms with E-state index < -0.39 is 35.6 Å². The largest absolute Gasteiger partial charge is 0.379 e. The third-order valence-corrected chi connectivity index (χ3v) is 11.8. The Morgan fingerprint density at radius 3 is 2.49 bits per heavy atom. The summed E-state index contributed by atoms with van der Waals surface area (Å²) in [5, 5.41) is 19.2. The summed E-state index contributed by atoms with van der Waals surface area (Å²) < 4.78 is 18.9. The molecule has 5 amide bonds. The number of carbonyl (C=O) groups is 5. The molecule has 9 rings (SSSR count). The number of hydrogen-bond donors (Lipinski definition) is 4. The lowest BCUT2D eigenvalue weighted by atomic mass is 9.97. The van der Waals surface area contributed by atoms with Gasteiger partial charge in [-0.15, -0.1) is 0 Å². The van der Waals surface area contributed by atoms with Gasteiger partial charge in [-0.3, -0.25) is 34.2 Å². The summed E-state index contributed by atoms with van der Waals surface area (Å²) in [6, 6.07) is 10.3. The number of anilines is 2. The van der Waals surface area contributed by atoms with Crippen LogP contribution in [0, 0.1) is 20.8 Å². The standard InChI is InChI=1S/C45H48N10O8/c1-5-54-34(22-31(52-54)26-11-12-26)48-40-38-30-20-23(2)29(36-24(3)53-63-25(36)4)21-32(30)47-39(38)50-41(51-40)43(58)46-15-17-62-19-18-61-16-7-9-27-8-6-10-28-37(27)45(60)55(44(28)59)33-13-14-35(56)49-42(33)57/h6,8,10,20-22,26,33H,5,7,9,11-19H2,1-4H3,(H,46,58)(H,49,56,57)(H2,47,48,50,51). The minimum absolute atomic E-state index is 0.00801. The maximum Gasteiger partial charge on any atom is 0.289 e. The fourth-order valence-corrected chi connectivity index (χ4v) is 8.55. The highest BCUT2D eigenvalue weighted by Crippen LogP contribution is 2.41. The fourth-order valence-electron chi connectivity index (χ4n) is 8.55. The predicted molar refractivity (Wildman–Crippen MR) is 230 cm³/mol. The molecule has 6 heterocycles. The number of fused-ring (bicyclic) bond motifs is 4. The average Bonchev–Trinajstić information content (AvgIpc) is 3.72. The zero-order valence-corrected chi connectivity index (χ0v) is 35.6. The number of piperidine rings is 1. The van der Waals surface area contributed by atoms with Crippen molar-refractivity contribution in [2.45, 2.75) is 84.7 Å². The van der Waals surface area contributed by atoms with Gasteiger partial charge in [-0.25, -0.2) is 14.6 Å². The van der Waals surface area contributed by atoms with Gasteiger partial charge in [0.1, 0.15) is 29.1 Å². The topological polar surface area (TPSA) is 229 Å². The molecular weight excluding hydrogens is 809 g/mol. The molecule has 4 N–H and O–H groups in total. The van der Waals surface area contributed by atoms with Crippen LogP contribution in [-0.4, -0.2) is 103 Å². The first-order valence-corrected chi connectivity index (χ1v) is 21.4. The number of carbonyl (C=O) groups excluding carboxylic acids is 5. The molecule has 2 aliphatic heterocycles. The lowest BCUT2D eigenvalue weighted by Gasteiger charge is -2.27. The fraction of sp³-hybridized carbons (Fsp3) is 0.400. The number of imide groups is 2. The smallest absolute Gasteiger partial charge is 0.289 e. The Bertz CT molecular complexity index is 2800. The minimum atomic E-state index is -1.01. The number of nitrogens with zero attached hydrogens (tertiary/aromatic N) is 6. The zero-order valence-electron chi connectivity index (χ0n) is 35.6. The van der Waals surface area contributed by atoms with E-state index in [0.29, 0.717) is 67.7 Å². The monoisotopic (exact) mass is 856 g/mol. The first-order chi connectivity index (χ1) is 30.5. The van der Waals surface area contributed by atoms with E-state index in [1.54, 1.807) is 18.2 Å². The van der Waals surface area contributed by atoms with Crippen LogP contribution in [0.3, 0.4) is 0 Å². The highest BCUT2D eigenvalue weighted by atomic mass is 16.5. The van der Waals surface area contributed by atoms with Gasteiger partial charge in [0.2, 0.25) is 17.6 Å². The summed E-state index contributed by atoms with van der Waals surface area (Å²) in [4.78, 5) is 78.0. The van der Waals surface area contributed by atoms with Crippen molar-refractivity contribution in [1.82, 2.24) is 45.4 Å². The van der Waals surface area contributed by atoms with Crippen LogP contribution < -0.4 is 16.0 Å². The molecule has 18 heteroatoms. The van der Waals surface area contributed by atoms with Gasteiger partial charge in [0.05, 0.1) is 47.7 Å². The van der Waals surface area contributed by atoms with Crippen molar-refractivity contribution in [2.24, 2.45) is 0 Å². The molecule has 326 valence electrons. The maximum absolute atomic E-state index is 13.6. The molecule has 0 radical (unpaired) electrons. The van der Waals surface area contributed by atoms with E-state index in [9.17, 15) is 24.0 Å². The molecule has 63 heavy (non-hydrogen) atoms. The molecule has 1 saturated heterocycles. The molecule has 4 aromatic heterocycles. The first-order valence-electron chi connectivity index (χ1n) is 21.4. The highest BCUT2D eigenvalue weighted by molar-refractivity contribution is 6.24. The molecule has 6 aromatic rings. The Balaban J connectivity index is 0.803. The van der Waals surface area contributed by atoms with Gasteiger partial charge >= 0.3 is 0 Å². The van der Waals surface area contributed by atoms with Crippen LogP contribution in [0.2, 0.25) is 0 Å². The number of benzene rings is 2. The molecule has 2 aromatic carbocycles. The molecule has 18 nitrogen and oxygen atoms in total. The van der Waals surface area contributed by atoms with E-state index in [2.05, 4.69) is 44.3 Å². The number of aromatic amines is 1. The van der Waals surface area contributed by atoms with E-state index >= 15 is 0 Å². The van der Waals surface area contributed by atoms with Crippen LogP contribution in [0.25, 0.3) is 33.1 Å². The van der Waals surface area contributed by atoms with Gasteiger partial charge in [-0.1, -0.05) is 17.3 Å². The van der Waals surface area contributed by atoms with Crippen LogP contribution in [0.1, 0.15) is 105 Å². The molecule has 1 atom stereocenters. The number of nitrogens with one attached hydrogen (secondary N) is 4. The first kappa shape index (κ1) is 41.6. The number of ether oxygens (including phenoxy) is 2. The third-order valence-electron chi connectivity index (χ3n) is 11.8. The Morgan fingerprint density at radius 2 is 1.75 bits per heavy atom. The number of rotatable bonds is 17. The number of aromatic nitrogens is 6. The Labute approximate surface area is 361 Å². The van der Waals surface area contributed by atoms with Crippen molar-refractivity contribution < 1.29 is 38.0 Å². The Hall–Kier alpha value is -6.79. The predicted octanol–water partition coefficient (Wildman–Crippen LogP) is 5.33. The second-order valence-corrected chi connectivity index (χ2v) is 16.2. The Morgan fingerprint density at radius 1 is 0.937 bits per heavy atom. The zero-order chi connectivity index (χ0) is 43.9. The second-order valence-electron chi connectivity index (χ2n) is 16.2. The normalized spacial score (nSPS) is 16.4. The van der Waals surface area contributed by atoms with Crippen LogP contribution in [0.15, 0.2) is 40.9 Å². The molecular formula is C45H48N10O8. The quantitative estimate of drug-likeness (QED) is 0.0673. The number of hydrogen-bond acceptors (Lipinski definition) is 13. The van der Waals surface area contributed by atoms with Crippen LogP contribution in [-0.2, 0) is 32.0 Å². The average molecular weight is 857 g/mol. The molecule has 1 unspecified atom stereocenters. The summed E-state index contributed by atoms with van der Waals surface area (Å²) in [5.41, 5.74) is 7.37. The van der Waals surface area contributed by atoms with E-state index in [0.717, 1.165) is 73.7 Å². The summed E-state index contributed by atoms with van der Waals surface area (Å²) >= 11 is 0. The third kappa shape index (κ3) is 8.07. The molecule has 2 fully saturated rings. The SMILES string of the molecule is CCn1nc(C2CC2)cc1Nc1nc(C(=O)NCCOCCOCCCc2cccc3c2C(=O)N(C2CCC(=O)NC2=O)C3=O)nc2[nH]c3cc(-c4c(C)noc4C)c(C)cc3c12. The number of aryl methyl sites for hydroxylation is 5. The number of H-pyrrole nitrogens is 1. The van der Waals surface area contributed by atoms with Crippen molar-refractivity contribution in [3.8, 4) is 11.1 Å². The Kier molecular flexibility index (Phi) is 11.3. The second kappa shape index (κ2) is 17.2. The van der Waals surface area contributed by atoms with Crippen molar-refractivity contribution in [3.05, 3.63) is 81.6 Å². The van der Waals surface area contributed by atoms with Gasteiger partial charge in [-0.05, 0) is 94.7 Å². The van der Waals surface area contributed by atoms with E-state index in [4.69, 9.17) is 29.1 Å². The van der Waals surface area contributed by atoms with Crippen LogP contribution >= 0.6 is 0 Å². The van der Waals surface area contributed by atoms with Gasteiger partial charge in [0, 0.05) is 54.6 Å². The van der Waals surface area contributed by atoms with Crippen molar-refractivity contribution >= 4 is 63.1 Å². The summed E-state index contributed by atoms with van der Waals surface area (Å²) in [7, 11) is 0. The lowest BCUT2D eigenvalue weighted by Crippen LogP contribution is -2.54. The summed E-state index contributed by atoms with van der Waals surface area (Å²) in [6.45, 7) is 9.99. The van der Waals surface area contributed by atoms with Gasteiger partial charge in [0.15, 0.2) is 0 Å². The minimum Gasteiger partial charge on any atom is -0.379 e. The molecule has 0 bridgehead atoms. The van der Waals surface area contributed by atoms with E-state index in [-0.39, 0.29) is 37.4 Å². The van der Waals surface area contributed by atoms with Crippen molar-refractivity contribution in [2.75, 3.05) is 38.3 Å². The van der Waals surface area contributed by atoms with Gasteiger partial charge < -0.3 is 29.6 Å². The summed E-state index contributed by atoms with van der Waals surface area (Å²) in [6.07, 6.45) is 3.46. The van der Waals surface area contributed by atoms with Crippen LogP contribution in [0.4, 0.5) is 11.6 Å². The molecule has 3 aliphatic rings. The van der Waals surface area contributed by atoms with Crippen LogP contribution in [0.5, 0.6) is 0 Å². The van der Waals surface area contributed by atoms with Gasteiger partial charge in [-0.2, -0.15) is 5.10 Å². The number of amides is 5. The highest BCUT2D eigenvalue weighted by Gasteiger charge is 2.45.